The molecule has 0 heterocycles. The van der Waals surface area contributed by atoms with Crippen LogP contribution in [-0.2, 0) is 14.8 Å². The summed E-state index contributed by atoms with van der Waals surface area (Å²) in [6.45, 7) is 1.25. The second-order valence-corrected chi connectivity index (χ2v) is 8.35. The van der Waals surface area contributed by atoms with E-state index in [0.717, 1.165) is 0 Å². The molecule has 2 aromatic rings. The van der Waals surface area contributed by atoms with Crippen LogP contribution in [0.1, 0.15) is 6.92 Å². The van der Waals surface area contributed by atoms with Gasteiger partial charge in [0.05, 0.1) is 20.8 Å². The molecule has 0 aliphatic carbocycles. The van der Waals surface area contributed by atoms with Gasteiger partial charge in [-0.25, -0.2) is 8.42 Å². The van der Waals surface area contributed by atoms with Crippen molar-refractivity contribution >= 4 is 62.1 Å². The number of carbonyl (C=O) groups is 1. The minimum absolute atomic E-state index is 0.0277. The fraction of sp³-hybridized carbons (Fsp3) is 0.188. The van der Waals surface area contributed by atoms with E-state index in [1.807, 2.05) is 0 Å². The first-order valence-corrected chi connectivity index (χ1v) is 10.2. The summed E-state index contributed by atoms with van der Waals surface area (Å²) >= 11 is 17.7. The van der Waals surface area contributed by atoms with Gasteiger partial charge in [-0.3, -0.25) is 9.52 Å². The van der Waals surface area contributed by atoms with Crippen molar-refractivity contribution in [3.63, 3.8) is 0 Å². The van der Waals surface area contributed by atoms with Crippen molar-refractivity contribution in [1.29, 1.82) is 0 Å². The summed E-state index contributed by atoms with van der Waals surface area (Å²) in [6, 6.07) is 9.07. The number of rotatable bonds is 7. The molecule has 2 N–H and O–H groups in total. The summed E-state index contributed by atoms with van der Waals surface area (Å²) < 4.78 is 30.7. The van der Waals surface area contributed by atoms with Crippen LogP contribution in [0, 0.1) is 0 Å². The zero-order chi connectivity index (χ0) is 19.3. The Balaban J connectivity index is 1.93. The molecule has 0 aliphatic heterocycles. The molecule has 0 aliphatic rings. The monoisotopic (exact) mass is 436 g/mol. The fourth-order valence-corrected chi connectivity index (χ4v) is 3.06. The normalized spacial score (nSPS) is 11.1. The van der Waals surface area contributed by atoms with Crippen molar-refractivity contribution in [1.82, 2.24) is 0 Å². The molecule has 0 fully saturated rings. The van der Waals surface area contributed by atoms with Gasteiger partial charge in [-0.15, -0.1) is 0 Å². The van der Waals surface area contributed by atoms with Crippen LogP contribution in [0.5, 0.6) is 5.75 Å². The van der Waals surface area contributed by atoms with Gasteiger partial charge in [0.1, 0.15) is 5.75 Å². The maximum atomic E-state index is 12.0. The Morgan fingerprint density at radius 3 is 2.19 bits per heavy atom. The van der Waals surface area contributed by atoms with Crippen LogP contribution in [0.2, 0.25) is 15.1 Å². The Morgan fingerprint density at radius 1 is 1.00 bits per heavy atom. The standard InChI is InChI=1S/C16H15Cl3N2O4S/c1-2-26(23,24)21-11-5-3-10(4-6-11)20-16(22)9-25-15-8-13(18)12(17)7-14(15)19/h3-8,21H,2,9H2,1H3,(H,20,22). The van der Waals surface area contributed by atoms with E-state index in [1.54, 1.807) is 24.3 Å². The summed E-state index contributed by atoms with van der Waals surface area (Å²) in [6.07, 6.45) is 0. The lowest BCUT2D eigenvalue weighted by Gasteiger charge is -2.10. The zero-order valence-corrected chi connectivity index (χ0v) is 16.6. The summed E-state index contributed by atoms with van der Waals surface area (Å²) in [5.74, 6) is -0.213. The largest absolute Gasteiger partial charge is 0.482 e. The fourth-order valence-electron chi connectivity index (χ4n) is 1.83. The highest BCUT2D eigenvalue weighted by atomic mass is 35.5. The van der Waals surface area contributed by atoms with Crippen LogP contribution in [0.3, 0.4) is 0 Å². The van der Waals surface area contributed by atoms with Crippen molar-refractivity contribution in [2.24, 2.45) is 0 Å². The molecule has 0 unspecified atom stereocenters. The average molecular weight is 438 g/mol. The van der Waals surface area contributed by atoms with Crippen LogP contribution in [0.25, 0.3) is 0 Å². The smallest absolute Gasteiger partial charge is 0.262 e. The van der Waals surface area contributed by atoms with Gasteiger partial charge in [0.15, 0.2) is 6.61 Å². The third-order valence-corrected chi connectivity index (χ3v) is 5.48. The maximum absolute atomic E-state index is 12.0. The highest BCUT2D eigenvalue weighted by molar-refractivity contribution is 7.92. The van der Waals surface area contributed by atoms with Crippen molar-refractivity contribution in [2.75, 3.05) is 22.4 Å². The summed E-state index contributed by atoms with van der Waals surface area (Å²) in [7, 11) is -3.35. The lowest BCUT2D eigenvalue weighted by Crippen LogP contribution is -2.20. The third-order valence-electron chi connectivity index (χ3n) is 3.16. The van der Waals surface area contributed by atoms with Crippen LogP contribution in [-0.4, -0.2) is 26.7 Å². The van der Waals surface area contributed by atoms with Crippen molar-refractivity contribution < 1.29 is 17.9 Å². The first-order chi connectivity index (χ1) is 12.2. The van der Waals surface area contributed by atoms with E-state index in [0.29, 0.717) is 11.4 Å². The van der Waals surface area contributed by atoms with Gasteiger partial charge in [-0.05, 0) is 37.3 Å². The quantitative estimate of drug-likeness (QED) is 0.628. The average Bonchev–Trinajstić information content (AvgIpc) is 2.58. The molecule has 0 spiro atoms. The Morgan fingerprint density at radius 2 is 1.58 bits per heavy atom. The molecule has 0 bridgehead atoms. The minimum atomic E-state index is -3.35. The van der Waals surface area contributed by atoms with Gasteiger partial charge >= 0.3 is 0 Å². The molecule has 2 rings (SSSR count). The molecular formula is C16H15Cl3N2O4S. The third kappa shape index (κ3) is 5.95. The number of carbonyl (C=O) groups excluding carboxylic acids is 1. The molecular weight excluding hydrogens is 423 g/mol. The van der Waals surface area contributed by atoms with Gasteiger partial charge in [0.2, 0.25) is 10.0 Å². The van der Waals surface area contributed by atoms with Gasteiger partial charge < -0.3 is 10.1 Å². The van der Waals surface area contributed by atoms with Crippen LogP contribution in [0.15, 0.2) is 36.4 Å². The molecule has 0 aromatic heterocycles. The SMILES string of the molecule is CCS(=O)(=O)Nc1ccc(NC(=O)COc2cc(Cl)c(Cl)cc2Cl)cc1. The van der Waals surface area contributed by atoms with Crippen molar-refractivity contribution in [3.05, 3.63) is 51.5 Å². The highest BCUT2D eigenvalue weighted by Gasteiger charge is 2.10. The molecule has 26 heavy (non-hydrogen) atoms. The summed E-state index contributed by atoms with van der Waals surface area (Å²) in [4.78, 5) is 12.0. The number of anilines is 2. The first kappa shape index (κ1) is 20.6. The number of sulfonamides is 1. The predicted octanol–water partition coefficient (Wildman–Crippen LogP) is 4.43. The molecule has 0 radical (unpaired) electrons. The molecule has 0 saturated carbocycles. The van der Waals surface area contributed by atoms with E-state index in [4.69, 9.17) is 39.5 Å². The molecule has 6 nitrogen and oxygen atoms in total. The summed E-state index contributed by atoms with van der Waals surface area (Å²) in [5, 5.41) is 3.40. The van der Waals surface area contributed by atoms with E-state index >= 15 is 0 Å². The van der Waals surface area contributed by atoms with Crippen molar-refractivity contribution in [2.45, 2.75) is 6.92 Å². The van der Waals surface area contributed by atoms with E-state index in [1.165, 1.54) is 19.1 Å². The lowest BCUT2D eigenvalue weighted by molar-refractivity contribution is -0.118. The Hall–Kier alpha value is -1.67. The van der Waals surface area contributed by atoms with Crippen LogP contribution in [0.4, 0.5) is 11.4 Å². The maximum Gasteiger partial charge on any atom is 0.262 e. The van der Waals surface area contributed by atoms with E-state index in [2.05, 4.69) is 10.0 Å². The zero-order valence-electron chi connectivity index (χ0n) is 13.6. The number of halogens is 3. The number of amides is 1. The minimum Gasteiger partial charge on any atom is -0.482 e. The second kappa shape index (κ2) is 8.81. The first-order valence-electron chi connectivity index (χ1n) is 7.38. The predicted molar refractivity (Wildman–Crippen MR) is 105 cm³/mol. The highest BCUT2D eigenvalue weighted by Crippen LogP contribution is 2.33. The molecule has 2 aromatic carbocycles. The Kier molecular flexibility index (Phi) is 7.00. The number of ether oxygens (including phenoxy) is 1. The van der Waals surface area contributed by atoms with E-state index in [9.17, 15) is 13.2 Å². The molecule has 10 heteroatoms. The van der Waals surface area contributed by atoms with Crippen molar-refractivity contribution in [3.8, 4) is 5.75 Å². The van der Waals surface area contributed by atoms with Gasteiger partial charge in [0.25, 0.3) is 5.91 Å². The summed E-state index contributed by atoms with van der Waals surface area (Å²) in [5.41, 5.74) is 0.891. The van der Waals surface area contributed by atoms with E-state index in [-0.39, 0.29) is 33.2 Å². The number of nitrogens with one attached hydrogen (secondary N) is 2. The van der Waals surface area contributed by atoms with E-state index < -0.39 is 15.9 Å². The number of benzene rings is 2. The number of hydrogen-bond acceptors (Lipinski definition) is 4. The molecule has 1 amide bonds. The van der Waals surface area contributed by atoms with Gasteiger partial charge in [-0.2, -0.15) is 0 Å². The van der Waals surface area contributed by atoms with Crippen LogP contribution < -0.4 is 14.8 Å². The van der Waals surface area contributed by atoms with Gasteiger partial charge in [0, 0.05) is 17.4 Å². The topological polar surface area (TPSA) is 84.5 Å². The molecule has 0 saturated heterocycles. The number of hydrogen-bond donors (Lipinski definition) is 2. The lowest BCUT2D eigenvalue weighted by atomic mass is 10.3. The Labute approximate surface area is 166 Å². The molecule has 0 atom stereocenters. The second-order valence-electron chi connectivity index (χ2n) is 5.12. The van der Waals surface area contributed by atoms with Crippen LogP contribution >= 0.6 is 34.8 Å². The molecule has 140 valence electrons. The van der Waals surface area contributed by atoms with Gasteiger partial charge in [-0.1, -0.05) is 34.8 Å². The Bertz CT molecular complexity index is 902.